The summed E-state index contributed by atoms with van der Waals surface area (Å²) in [5.74, 6) is -4.30. The van der Waals surface area contributed by atoms with Gasteiger partial charge in [-0.15, -0.1) is 11.3 Å². The number of methoxy groups -OCH3 is 2. The number of ether oxygens (including phenoxy) is 9. The second-order valence-corrected chi connectivity index (χ2v) is 23.2. The lowest BCUT2D eigenvalue weighted by molar-refractivity contribution is -0.340. The number of carbonyl (C=O) groups is 3. The van der Waals surface area contributed by atoms with Crippen LogP contribution in [0.3, 0.4) is 0 Å². The first-order valence-corrected chi connectivity index (χ1v) is 27.8. The molecule has 22 heteroatoms. The summed E-state index contributed by atoms with van der Waals surface area (Å²) >= 11 is 1.16. The monoisotopic (exact) mass is 1100 g/mol. The lowest BCUT2D eigenvalue weighted by Gasteiger charge is -2.50. The van der Waals surface area contributed by atoms with E-state index in [0.29, 0.717) is 30.0 Å². The van der Waals surface area contributed by atoms with Crippen LogP contribution in [0, 0.1) is 17.8 Å². The number of allylic oxidation sites excluding steroid dienone is 3. The van der Waals surface area contributed by atoms with Gasteiger partial charge in [0.05, 0.1) is 65.8 Å². The first kappa shape index (κ1) is 62.2. The Kier molecular flexibility index (Phi) is 22.5. The van der Waals surface area contributed by atoms with Crippen molar-refractivity contribution in [3.8, 4) is 0 Å². The maximum absolute atomic E-state index is 14.4. The van der Waals surface area contributed by atoms with Crippen molar-refractivity contribution in [3.05, 3.63) is 40.3 Å². The molecule has 1 aromatic heterocycles. The fourth-order valence-electron chi connectivity index (χ4n) is 11.3. The number of nitrogens with one attached hydrogen (secondary N) is 1. The smallest absolute Gasteiger partial charge is 0.308 e. The molecule has 432 valence electrons. The van der Waals surface area contributed by atoms with Crippen molar-refractivity contribution in [3.63, 3.8) is 0 Å². The Labute approximate surface area is 452 Å². The molecule has 76 heavy (non-hydrogen) atoms. The molecular weight excluding hydrogens is 1010 g/mol. The maximum Gasteiger partial charge on any atom is 0.308 e. The lowest BCUT2D eigenvalue weighted by atomic mass is 9.80. The number of rotatable bonds is 14. The standard InChI is InChI=1S/C54H88N4O17S/c1-13-38-33(26-69-53-48(68-12)47(67-11)43(62)30(5)71-53)21-27(2)17-18-36(59)28(3)22-34(39-23-35(50(55)76-39)51(65)56-58-19-15-14-16-20-58)45(29(4)37(60)24-40(61)73-38)75-52-44(63)42(57(9)10)46(31(6)72-52)74-41-25-54(8,66)49(64)32(7)70-41/h17-18,21,23,28-34,37-38,41-49,52-53,60,62-64,66H,13-16,19-20,22,24-26,55H2,1-12H3,(H,56,65)/b18-17+,27-21+/t28-,29+,30-,31-,32+,33-,34-,37-,38-,41+,42-,43-,44-,45-,46-,47-,48-,49+,52+,53-,54-/m1/s1. The Morgan fingerprint density at radius 3 is 2.20 bits per heavy atom. The van der Waals surface area contributed by atoms with Crippen molar-refractivity contribution < 1.29 is 82.5 Å². The van der Waals surface area contributed by atoms with Crippen LogP contribution in [-0.4, -0.2) is 205 Å². The predicted octanol–water partition coefficient (Wildman–Crippen LogP) is 3.19. The summed E-state index contributed by atoms with van der Waals surface area (Å²) < 4.78 is 55.8. The van der Waals surface area contributed by atoms with E-state index in [1.54, 1.807) is 65.8 Å². The van der Waals surface area contributed by atoms with E-state index in [-0.39, 0.29) is 35.8 Å². The minimum absolute atomic E-state index is 0.0254. The maximum atomic E-state index is 14.4. The number of cyclic esters (lactones) is 1. The summed E-state index contributed by atoms with van der Waals surface area (Å²) in [4.78, 5) is 44.8. The van der Waals surface area contributed by atoms with Crippen LogP contribution in [0.2, 0.25) is 0 Å². The van der Waals surface area contributed by atoms with Gasteiger partial charge >= 0.3 is 5.97 Å². The van der Waals surface area contributed by atoms with Crippen LogP contribution in [0.15, 0.2) is 29.9 Å². The van der Waals surface area contributed by atoms with Crippen LogP contribution >= 0.6 is 11.3 Å². The number of nitrogens with two attached hydrogens (primary N) is 1. The van der Waals surface area contributed by atoms with Gasteiger partial charge in [0.25, 0.3) is 5.91 Å². The Bertz CT molecular complexity index is 2120. The van der Waals surface area contributed by atoms with E-state index in [9.17, 15) is 39.9 Å². The molecule has 21 atom stereocenters. The molecular formula is C54H88N4O17S. The number of likely N-dealkylation sites (N-methyl/N-ethyl adjacent to an activating group) is 1. The number of thiophene rings is 1. The van der Waals surface area contributed by atoms with Crippen molar-refractivity contribution >= 4 is 34.0 Å². The first-order chi connectivity index (χ1) is 35.9. The number of nitrogens with zero attached hydrogens (tertiary/aromatic N) is 2. The number of nitrogen functional groups attached to an aromatic ring is 1. The fraction of sp³-hybridized carbons (Fsp3) is 0.796. The van der Waals surface area contributed by atoms with E-state index in [1.807, 2.05) is 24.9 Å². The Hall–Kier alpha value is -3.01. The molecule has 1 amide bonds. The number of aliphatic hydroxyl groups excluding tert-OH is 4. The zero-order chi connectivity index (χ0) is 55.9. The molecule has 21 nitrogen and oxygen atoms in total. The Morgan fingerprint density at radius 2 is 1.57 bits per heavy atom. The average molecular weight is 1100 g/mol. The second kappa shape index (κ2) is 27.4. The predicted molar refractivity (Wildman–Crippen MR) is 281 cm³/mol. The van der Waals surface area contributed by atoms with Gasteiger partial charge in [0.1, 0.15) is 42.7 Å². The van der Waals surface area contributed by atoms with E-state index in [2.05, 4.69) is 5.43 Å². The van der Waals surface area contributed by atoms with Crippen LogP contribution in [0.5, 0.6) is 0 Å². The Balaban J connectivity index is 1.36. The van der Waals surface area contributed by atoms with E-state index in [1.165, 1.54) is 27.2 Å². The molecule has 5 aliphatic rings. The molecule has 6 heterocycles. The van der Waals surface area contributed by atoms with Gasteiger partial charge in [-0.1, -0.05) is 44.9 Å². The van der Waals surface area contributed by atoms with Crippen LogP contribution in [0.4, 0.5) is 5.00 Å². The molecule has 0 radical (unpaired) electrons. The van der Waals surface area contributed by atoms with Crippen molar-refractivity contribution in [2.24, 2.45) is 17.8 Å². The number of hydrogen-bond donors (Lipinski definition) is 7. The molecule has 1 aromatic rings. The molecule has 8 N–H and O–H groups in total. The summed E-state index contributed by atoms with van der Waals surface area (Å²) in [7, 11) is 6.47. The van der Waals surface area contributed by atoms with Crippen LogP contribution in [0.1, 0.15) is 121 Å². The van der Waals surface area contributed by atoms with Crippen LogP contribution in [-0.2, 0) is 52.2 Å². The number of amides is 1. The van der Waals surface area contributed by atoms with Crippen LogP contribution in [0.25, 0.3) is 0 Å². The Morgan fingerprint density at radius 1 is 0.895 bits per heavy atom. The molecule has 4 fully saturated rings. The number of piperidine rings is 1. The highest BCUT2D eigenvalue weighted by Crippen LogP contribution is 2.43. The number of hydrogen-bond acceptors (Lipinski definition) is 21. The zero-order valence-electron chi connectivity index (χ0n) is 46.4. The minimum Gasteiger partial charge on any atom is -0.462 e. The molecule has 0 aliphatic carbocycles. The van der Waals surface area contributed by atoms with Gasteiger partial charge in [-0.2, -0.15) is 0 Å². The van der Waals surface area contributed by atoms with Crippen LogP contribution < -0.4 is 11.2 Å². The topological polar surface area (TPSA) is 280 Å². The van der Waals surface area contributed by atoms with Gasteiger partial charge in [-0.25, -0.2) is 5.01 Å². The number of ketones is 1. The number of hydrazine groups is 1. The second-order valence-electron chi connectivity index (χ2n) is 22.1. The highest BCUT2D eigenvalue weighted by molar-refractivity contribution is 7.16. The zero-order valence-corrected chi connectivity index (χ0v) is 47.3. The number of aliphatic hydroxyl groups is 5. The fourth-order valence-corrected chi connectivity index (χ4v) is 12.3. The van der Waals surface area contributed by atoms with E-state index < -0.39 is 146 Å². The average Bonchev–Trinajstić information content (AvgIpc) is 3.76. The van der Waals surface area contributed by atoms with E-state index in [0.717, 1.165) is 30.6 Å². The summed E-state index contributed by atoms with van der Waals surface area (Å²) in [5.41, 5.74) is 9.07. The molecule has 0 aromatic carbocycles. The molecule has 0 unspecified atom stereocenters. The highest BCUT2D eigenvalue weighted by Gasteiger charge is 2.52. The van der Waals surface area contributed by atoms with E-state index >= 15 is 0 Å². The molecule has 0 spiro atoms. The summed E-state index contributed by atoms with van der Waals surface area (Å²) in [6, 6.07) is 0.897. The normalized spacial score (nSPS) is 42.0. The van der Waals surface area contributed by atoms with Crippen molar-refractivity contribution in [1.29, 1.82) is 0 Å². The van der Waals surface area contributed by atoms with Gasteiger partial charge in [0.15, 0.2) is 24.7 Å². The third-order valence-corrected chi connectivity index (χ3v) is 17.0. The molecule has 0 saturated carbocycles. The number of carbonyl (C=O) groups excluding carboxylic acids is 3. The molecule has 4 saturated heterocycles. The minimum atomic E-state index is -1.52. The van der Waals surface area contributed by atoms with Gasteiger partial charge in [-0.3, -0.25) is 19.8 Å². The summed E-state index contributed by atoms with van der Waals surface area (Å²) in [6.07, 6.45) is -6.82. The third kappa shape index (κ3) is 15.1. The van der Waals surface area contributed by atoms with Gasteiger partial charge in [-0.05, 0) is 86.5 Å². The first-order valence-electron chi connectivity index (χ1n) is 27.0. The molecule has 5 aliphatic heterocycles. The lowest BCUT2D eigenvalue weighted by Crippen LogP contribution is -2.65. The molecule has 0 bridgehead atoms. The largest absolute Gasteiger partial charge is 0.462 e. The van der Waals surface area contributed by atoms with Crippen molar-refractivity contribution in [2.45, 2.75) is 210 Å². The van der Waals surface area contributed by atoms with Gasteiger partial charge in [0.2, 0.25) is 0 Å². The molecule has 6 rings (SSSR count). The summed E-state index contributed by atoms with van der Waals surface area (Å²) in [5, 5.41) is 59.2. The number of esters is 1. The van der Waals surface area contributed by atoms with Gasteiger partial charge < -0.3 is 78.8 Å². The highest BCUT2D eigenvalue weighted by atomic mass is 32.1. The third-order valence-electron chi connectivity index (χ3n) is 15.9. The summed E-state index contributed by atoms with van der Waals surface area (Å²) in [6.45, 7) is 15.1. The van der Waals surface area contributed by atoms with Gasteiger partial charge in [0, 0.05) is 62.3 Å². The van der Waals surface area contributed by atoms with Crippen molar-refractivity contribution in [2.75, 3.05) is 53.7 Å². The van der Waals surface area contributed by atoms with Crippen molar-refractivity contribution in [1.82, 2.24) is 15.3 Å². The quantitative estimate of drug-likeness (QED) is 0.132. The SMILES string of the molecule is CC[C@H]1OC(=O)C[C@@H](O)[C@H](C)[C@@H](O[C@@H]2O[C@H](C)[C@@H](O[C@H]3C[C@@](C)(O)[C@@H](O)[C@H](C)O3)[C@H](N(C)C)[C@H]2O)[C@@H](c2cc(C(=O)NN3CCCCC3)c(N)s2)C[C@@H](C)C(=O)/C=C/C(C)=C/[C@@H]1CO[C@@H]1O[C@H](C)[C@@H](O)[C@@H](OC)[C@H]1OC. The number of anilines is 1. The van der Waals surface area contributed by atoms with E-state index in [4.69, 9.17) is 48.4 Å².